The Morgan fingerprint density at radius 2 is 2.00 bits per heavy atom. The predicted octanol–water partition coefficient (Wildman–Crippen LogP) is 4.26. The quantitative estimate of drug-likeness (QED) is 0.786. The minimum atomic E-state index is 0.0336. The van der Waals surface area contributed by atoms with Crippen LogP contribution in [0.3, 0.4) is 0 Å². The number of amides is 1. The van der Waals surface area contributed by atoms with E-state index in [-0.39, 0.29) is 12.5 Å². The SMILES string of the molecule is Cc1cc(C2CSCN2c2ccc(Cl)cc2)ccc1N1CCOCC1=O. The van der Waals surface area contributed by atoms with Gasteiger partial charge >= 0.3 is 0 Å². The molecule has 1 atom stereocenters. The van der Waals surface area contributed by atoms with Gasteiger partial charge in [0.2, 0.25) is 0 Å². The van der Waals surface area contributed by atoms with Crippen molar-refractivity contribution in [2.24, 2.45) is 0 Å². The van der Waals surface area contributed by atoms with Gasteiger partial charge in [0.15, 0.2) is 0 Å². The lowest BCUT2D eigenvalue weighted by Gasteiger charge is -2.30. The number of ether oxygens (including phenoxy) is 1. The Kier molecular flexibility index (Phi) is 5.11. The second-order valence-electron chi connectivity index (χ2n) is 6.61. The number of benzene rings is 2. The van der Waals surface area contributed by atoms with E-state index in [4.69, 9.17) is 16.3 Å². The van der Waals surface area contributed by atoms with Crippen LogP contribution >= 0.6 is 23.4 Å². The van der Waals surface area contributed by atoms with Crippen molar-refractivity contribution >= 4 is 40.6 Å². The smallest absolute Gasteiger partial charge is 0.253 e. The van der Waals surface area contributed by atoms with E-state index in [2.05, 4.69) is 42.2 Å². The van der Waals surface area contributed by atoms with Gasteiger partial charge in [-0.05, 0) is 48.4 Å². The molecule has 2 aliphatic heterocycles. The molecule has 0 aliphatic carbocycles. The van der Waals surface area contributed by atoms with Gasteiger partial charge in [-0.3, -0.25) is 4.79 Å². The average Bonchev–Trinajstić information content (AvgIpc) is 3.13. The first-order chi connectivity index (χ1) is 12.6. The number of thioether (sulfide) groups is 1. The molecule has 2 aliphatic rings. The van der Waals surface area contributed by atoms with E-state index in [1.807, 2.05) is 28.8 Å². The molecule has 0 aromatic heterocycles. The molecule has 2 aromatic rings. The Morgan fingerprint density at radius 3 is 2.73 bits per heavy atom. The molecule has 2 aromatic carbocycles. The van der Waals surface area contributed by atoms with Crippen LogP contribution in [0.5, 0.6) is 0 Å². The van der Waals surface area contributed by atoms with Crippen LogP contribution in [0.1, 0.15) is 17.2 Å². The lowest BCUT2D eigenvalue weighted by atomic mass is 10.0. The number of carbonyl (C=O) groups excluding carboxylic acids is 1. The van der Waals surface area contributed by atoms with Crippen LogP contribution in [0.25, 0.3) is 0 Å². The number of morpholine rings is 1. The van der Waals surface area contributed by atoms with Crippen LogP contribution in [0.15, 0.2) is 42.5 Å². The average molecular weight is 389 g/mol. The maximum Gasteiger partial charge on any atom is 0.253 e. The van der Waals surface area contributed by atoms with E-state index in [1.165, 1.54) is 11.3 Å². The van der Waals surface area contributed by atoms with Crippen LogP contribution in [-0.4, -0.2) is 37.3 Å². The summed E-state index contributed by atoms with van der Waals surface area (Å²) in [4.78, 5) is 16.4. The van der Waals surface area contributed by atoms with Gasteiger partial charge in [-0.2, -0.15) is 0 Å². The topological polar surface area (TPSA) is 32.8 Å². The maximum absolute atomic E-state index is 12.1. The zero-order valence-electron chi connectivity index (χ0n) is 14.7. The fourth-order valence-corrected chi connectivity index (χ4v) is 4.92. The number of nitrogens with zero attached hydrogens (tertiary/aromatic N) is 2. The van der Waals surface area contributed by atoms with Crippen molar-refractivity contribution in [1.29, 1.82) is 0 Å². The minimum absolute atomic E-state index is 0.0336. The highest BCUT2D eigenvalue weighted by atomic mass is 35.5. The number of halogens is 1. The molecule has 2 heterocycles. The van der Waals surface area contributed by atoms with E-state index in [9.17, 15) is 4.79 Å². The Hall–Kier alpha value is -1.69. The van der Waals surface area contributed by atoms with E-state index >= 15 is 0 Å². The van der Waals surface area contributed by atoms with Crippen molar-refractivity contribution in [3.05, 3.63) is 58.6 Å². The number of rotatable bonds is 3. The molecule has 6 heteroatoms. The van der Waals surface area contributed by atoms with Gasteiger partial charge in [-0.25, -0.2) is 0 Å². The van der Waals surface area contributed by atoms with Crippen molar-refractivity contribution in [1.82, 2.24) is 0 Å². The van der Waals surface area contributed by atoms with Gasteiger partial charge in [-0.1, -0.05) is 23.7 Å². The lowest BCUT2D eigenvalue weighted by Crippen LogP contribution is -2.42. The maximum atomic E-state index is 12.1. The molecule has 0 N–H and O–H groups in total. The molecule has 0 radical (unpaired) electrons. The van der Waals surface area contributed by atoms with E-state index in [0.717, 1.165) is 27.9 Å². The summed E-state index contributed by atoms with van der Waals surface area (Å²) < 4.78 is 5.24. The molecule has 2 saturated heterocycles. The Morgan fingerprint density at radius 1 is 1.19 bits per heavy atom. The fraction of sp³-hybridized carbons (Fsp3) is 0.350. The van der Waals surface area contributed by atoms with E-state index in [0.29, 0.717) is 19.2 Å². The molecule has 1 amide bonds. The van der Waals surface area contributed by atoms with Gasteiger partial charge in [0.25, 0.3) is 5.91 Å². The monoisotopic (exact) mass is 388 g/mol. The molecule has 26 heavy (non-hydrogen) atoms. The zero-order chi connectivity index (χ0) is 18.1. The van der Waals surface area contributed by atoms with Crippen molar-refractivity contribution in [3.63, 3.8) is 0 Å². The molecule has 1 unspecified atom stereocenters. The fourth-order valence-electron chi connectivity index (χ4n) is 3.57. The van der Waals surface area contributed by atoms with Gasteiger partial charge < -0.3 is 14.5 Å². The first-order valence-electron chi connectivity index (χ1n) is 8.72. The summed E-state index contributed by atoms with van der Waals surface area (Å²) in [6, 6.07) is 14.8. The molecule has 4 nitrogen and oxygen atoms in total. The highest BCUT2D eigenvalue weighted by Crippen LogP contribution is 2.38. The van der Waals surface area contributed by atoms with Gasteiger partial charge in [0, 0.05) is 28.7 Å². The van der Waals surface area contributed by atoms with Crippen LogP contribution in [-0.2, 0) is 9.53 Å². The number of hydrogen-bond acceptors (Lipinski definition) is 4. The van der Waals surface area contributed by atoms with Crippen LogP contribution in [0.4, 0.5) is 11.4 Å². The summed E-state index contributed by atoms with van der Waals surface area (Å²) in [6.07, 6.45) is 0. The van der Waals surface area contributed by atoms with Crippen LogP contribution < -0.4 is 9.80 Å². The highest BCUT2D eigenvalue weighted by molar-refractivity contribution is 7.99. The summed E-state index contributed by atoms with van der Waals surface area (Å²) in [5, 5.41) is 0.757. The lowest BCUT2D eigenvalue weighted by molar-refractivity contribution is -0.125. The van der Waals surface area contributed by atoms with Crippen molar-refractivity contribution in [2.45, 2.75) is 13.0 Å². The third-order valence-corrected chi connectivity index (χ3v) is 6.19. The number of anilines is 2. The second-order valence-corrected chi connectivity index (χ2v) is 8.04. The van der Waals surface area contributed by atoms with Crippen molar-refractivity contribution in [3.8, 4) is 0 Å². The first-order valence-corrected chi connectivity index (χ1v) is 10.3. The standard InChI is InChI=1S/C20H21ClN2O2S/c1-14-10-15(2-7-18(14)22-8-9-25-11-20(22)24)19-12-26-13-23(19)17-5-3-16(21)4-6-17/h2-7,10,19H,8-9,11-13H2,1H3. The minimum Gasteiger partial charge on any atom is -0.370 e. The van der Waals surface area contributed by atoms with Gasteiger partial charge in [-0.15, -0.1) is 11.8 Å². The normalized spacial score (nSPS) is 20.7. The third kappa shape index (κ3) is 3.43. The second kappa shape index (κ2) is 7.51. The van der Waals surface area contributed by atoms with Gasteiger partial charge in [0.05, 0.1) is 18.5 Å². The summed E-state index contributed by atoms with van der Waals surface area (Å²) in [5.41, 5.74) is 4.60. The number of carbonyl (C=O) groups is 1. The molecular weight excluding hydrogens is 368 g/mol. The molecule has 0 spiro atoms. The van der Waals surface area contributed by atoms with Crippen LogP contribution in [0, 0.1) is 6.92 Å². The van der Waals surface area contributed by atoms with Crippen molar-refractivity contribution < 1.29 is 9.53 Å². The van der Waals surface area contributed by atoms with E-state index < -0.39 is 0 Å². The first kappa shape index (κ1) is 17.7. The largest absolute Gasteiger partial charge is 0.370 e. The number of hydrogen-bond donors (Lipinski definition) is 0. The van der Waals surface area contributed by atoms with Crippen molar-refractivity contribution in [2.75, 3.05) is 41.2 Å². The molecule has 0 bridgehead atoms. The zero-order valence-corrected chi connectivity index (χ0v) is 16.2. The number of aryl methyl sites for hydroxylation is 1. The molecular formula is C20H21ClN2O2S. The molecule has 2 fully saturated rings. The highest BCUT2D eigenvalue weighted by Gasteiger charge is 2.28. The molecule has 4 rings (SSSR count). The Labute approximate surface area is 163 Å². The van der Waals surface area contributed by atoms with Crippen LogP contribution in [0.2, 0.25) is 5.02 Å². The van der Waals surface area contributed by atoms with Gasteiger partial charge in [0.1, 0.15) is 6.61 Å². The Balaban J connectivity index is 1.60. The third-order valence-electron chi connectivity index (χ3n) is 4.92. The molecule has 0 saturated carbocycles. The predicted molar refractivity (Wildman–Crippen MR) is 108 cm³/mol. The summed E-state index contributed by atoms with van der Waals surface area (Å²) in [6.45, 7) is 3.47. The molecule has 136 valence electrons. The Bertz CT molecular complexity index is 812. The summed E-state index contributed by atoms with van der Waals surface area (Å²) >= 11 is 7.97. The summed E-state index contributed by atoms with van der Waals surface area (Å²) in [5.74, 6) is 2.05. The summed E-state index contributed by atoms with van der Waals surface area (Å²) in [7, 11) is 0. The van der Waals surface area contributed by atoms with E-state index in [1.54, 1.807) is 0 Å².